The molecule has 1 aromatic rings. The summed E-state index contributed by atoms with van der Waals surface area (Å²) in [6, 6.07) is 4.72. The maximum atomic E-state index is 12.6. The van der Waals surface area contributed by atoms with Crippen molar-refractivity contribution in [2.75, 3.05) is 0 Å². The third-order valence-electron chi connectivity index (χ3n) is 3.57. The van der Waals surface area contributed by atoms with Crippen LogP contribution in [-0.4, -0.2) is 27.2 Å². The van der Waals surface area contributed by atoms with E-state index in [1.54, 1.807) is 46.8 Å². The number of carbonyl (C=O) groups excluding carboxylic acids is 1. The molecule has 1 heterocycles. The summed E-state index contributed by atoms with van der Waals surface area (Å²) < 4.78 is 5.69. The number of carbonyl (C=O) groups is 1. The predicted octanol–water partition coefficient (Wildman–Crippen LogP) is 3.13. The normalized spacial score (nSPS) is 21.1. The summed E-state index contributed by atoms with van der Waals surface area (Å²) in [5, 5.41) is 19.9. The SMILES string of the molecule is Cc1cc(O)ccc1C1=C(O)C(C)(C)OC(C)(C)C1=O. The smallest absolute Gasteiger partial charge is 0.198 e. The minimum Gasteiger partial charge on any atom is -0.508 e. The monoisotopic (exact) mass is 276 g/mol. The number of ether oxygens (including phenoxy) is 1. The van der Waals surface area contributed by atoms with Crippen LogP contribution in [0.2, 0.25) is 0 Å². The lowest BCUT2D eigenvalue weighted by Crippen LogP contribution is -2.49. The fourth-order valence-corrected chi connectivity index (χ4v) is 2.62. The fraction of sp³-hybridized carbons (Fsp3) is 0.438. The molecule has 108 valence electrons. The highest BCUT2D eigenvalue weighted by molar-refractivity contribution is 6.26. The van der Waals surface area contributed by atoms with E-state index < -0.39 is 11.2 Å². The van der Waals surface area contributed by atoms with E-state index in [0.717, 1.165) is 5.56 Å². The number of aryl methyl sites for hydroxylation is 1. The Balaban J connectivity index is 2.71. The Morgan fingerprint density at radius 1 is 1.05 bits per heavy atom. The lowest BCUT2D eigenvalue weighted by Gasteiger charge is -2.40. The largest absolute Gasteiger partial charge is 0.508 e. The van der Waals surface area contributed by atoms with E-state index in [4.69, 9.17) is 4.74 Å². The third-order valence-corrected chi connectivity index (χ3v) is 3.57. The molecule has 0 saturated heterocycles. The molecule has 0 bridgehead atoms. The van der Waals surface area contributed by atoms with E-state index >= 15 is 0 Å². The highest BCUT2D eigenvalue weighted by Crippen LogP contribution is 2.40. The van der Waals surface area contributed by atoms with Gasteiger partial charge in [0.1, 0.15) is 22.7 Å². The second-order valence-corrected chi connectivity index (χ2v) is 6.17. The molecule has 2 N–H and O–H groups in total. The Labute approximate surface area is 118 Å². The lowest BCUT2D eigenvalue weighted by atomic mass is 9.82. The number of aromatic hydroxyl groups is 1. The van der Waals surface area contributed by atoms with Crippen molar-refractivity contribution in [3.05, 3.63) is 35.1 Å². The third kappa shape index (κ3) is 2.20. The Hall–Kier alpha value is -1.81. The molecule has 0 unspecified atom stereocenters. The van der Waals surface area contributed by atoms with Crippen molar-refractivity contribution >= 4 is 11.4 Å². The molecule has 0 atom stereocenters. The zero-order valence-corrected chi connectivity index (χ0v) is 12.4. The van der Waals surface area contributed by atoms with E-state index in [2.05, 4.69) is 0 Å². The number of benzene rings is 1. The first-order valence-corrected chi connectivity index (χ1v) is 6.55. The van der Waals surface area contributed by atoms with Gasteiger partial charge in [0.15, 0.2) is 5.78 Å². The van der Waals surface area contributed by atoms with Crippen LogP contribution in [-0.2, 0) is 9.53 Å². The average molecular weight is 276 g/mol. The Bertz CT molecular complexity index is 609. The Kier molecular flexibility index (Phi) is 3.17. The summed E-state index contributed by atoms with van der Waals surface area (Å²) in [7, 11) is 0. The van der Waals surface area contributed by atoms with Gasteiger partial charge in [-0.3, -0.25) is 4.79 Å². The maximum Gasteiger partial charge on any atom is 0.198 e. The molecule has 20 heavy (non-hydrogen) atoms. The van der Waals surface area contributed by atoms with Gasteiger partial charge in [0.05, 0.1) is 5.57 Å². The fourth-order valence-electron chi connectivity index (χ4n) is 2.62. The molecule has 0 aliphatic carbocycles. The highest BCUT2D eigenvalue weighted by atomic mass is 16.5. The first-order chi connectivity index (χ1) is 9.06. The van der Waals surface area contributed by atoms with Gasteiger partial charge in [-0.25, -0.2) is 0 Å². The highest BCUT2D eigenvalue weighted by Gasteiger charge is 2.47. The molecule has 0 saturated carbocycles. The molecule has 1 aliphatic rings. The first-order valence-electron chi connectivity index (χ1n) is 6.55. The molecule has 1 aliphatic heterocycles. The molecule has 0 fully saturated rings. The summed E-state index contributed by atoms with van der Waals surface area (Å²) >= 11 is 0. The minimum atomic E-state index is -1.00. The van der Waals surface area contributed by atoms with E-state index in [-0.39, 0.29) is 22.9 Å². The number of rotatable bonds is 1. The summed E-state index contributed by atoms with van der Waals surface area (Å²) in [5.74, 6) is -0.205. The lowest BCUT2D eigenvalue weighted by molar-refractivity contribution is -0.158. The predicted molar refractivity (Wildman–Crippen MR) is 76.6 cm³/mol. The second kappa shape index (κ2) is 4.35. The van der Waals surface area contributed by atoms with Crippen molar-refractivity contribution in [1.29, 1.82) is 0 Å². The zero-order valence-electron chi connectivity index (χ0n) is 12.4. The number of phenolic OH excluding ortho intramolecular Hbond substituents is 1. The van der Waals surface area contributed by atoms with Crippen LogP contribution < -0.4 is 0 Å². The molecule has 0 radical (unpaired) electrons. The number of aliphatic hydroxyl groups is 1. The molecule has 0 aromatic heterocycles. The van der Waals surface area contributed by atoms with Gasteiger partial charge in [-0.1, -0.05) is 6.07 Å². The van der Waals surface area contributed by atoms with Gasteiger partial charge in [-0.15, -0.1) is 0 Å². The molecular formula is C16H20O4. The Morgan fingerprint density at radius 3 is 2.20 bits per heavy atom. The van der Waals surface area contributed by atoms with Gasteiger partial charge in [-0.05, 0) is 57.9 Å². The number of phenols is 1. The quantitative estimate of drug-likeness (QED) is 0.827. The number of hydrogen-bond donors (Lipinski definition) is 2. The van der Waals surface area contributed by atoms with Crippen LogP contribution in [0, 0.1) is 6.92 Å². The van der Waals surface area contributed by atoms with Crippen molar-refractivity contribution in [2.45, 2.75) is 45.8 Å². The Morgan fingerprint density at radius 2 is 1.65 bits per heavy atom. The summed E-state index contributed by atoms with van der Waals surface area (Å²) in [5.41, 5.74) is -0.321. The van der Waals surface area contributed by atoms with Crippen molar-refractivity contribution in [1.82, 2.24) is 0 Å². The van der Waals surface area contributed by atoms with E-state index in [1.807, 2.05) is 0 Å². The van der Waals surface area contributed by atoms with Crippen molar-refractivity contribution in [3.63, 3.8) is 0 Å². The molecule has 4 heteroatoms. The number of hydrogen-bond acceptors (Lipinski definition) is 4. The molecule has 2 rings (SSSR count). The summed E-state index contributed by atoms with van der Waals surface area (Å²) in [6.07, 6.45) is 0. The van der Waals surface area contributed by atoms with Crippen LogP contribution in [0.4, 0.5) is 0 Å². The second-order valence-electron chi connectivity index (χ2n) is 6.17. The van der Waals surface area contributed by atoms with Gasteiger partial charge >= 0.3 is 0 Å². The molecule has 0 spiro atoms. The van der Waals surface area contributed by atoms with Crippen molar-refractivity contribution in [2.24, 2.45) is 0 Å². The van der Waals surface area contributed by atoms with Crippen LogP contribution in [0.25, 0.3) is 5.57 Å². The molecule has 4 nitrogen and oxygen atoms in total. The van der Waals surface area contributed by atoms with Gasteiger partial charge in [0.25, 0.3) is 0 Å². The number of ketones is 1. The minimum absolute atomic E-state index is 0.0735. The van der Waals surface area contributed by atoms with Crippen molar-refractivity contribution in [3.8, 4) is 5.75 Å². The van der Waals surface area contributed by atoms with Gasteiger partial charge < -0.3 is 14.9 Å². The van der Waals surface area contributed by atoms with Gasteiger partial charge in [-0.2, -0.15) is 0 Å². The van der Waals surface area contributed by atoms with Crippen LogP contribution in [0.1, 0.15) is 38.8 Å². The van der Waals surface area contributed by atoms with E-state index in [9.17, 15) is 15.0 Å². The number of Topliss-reactive ketones (excluding diaryl/α,β-unsaturated/α-hetero) is 1. The number of aliphatic hydroxyl groups excluding tert-OH is 1. The molecular weight excluding hydrogens is 256 g/mol. The average Bonchev–Trinajstić information content (AvgIpc) is 2.28. The zero-order chi connectivity index (χ0) is 15.3. The van der Waals surface area contributed by atoms with Crippen LogP contribution in [0.15, 0.2) is 24.0 Å². The van der Waals surface area contributed by atoms with Gasteiger partial charge in [0.2, 0.25) is 0 Å². The van der Waals surface area contributed by atoms with Crippen LogP contribution in [0.3, 0.4) is 0 Å². The summed E-state index contributed by atoms with van der Waals surface area (Å²) in [6.45, 7) is 8.63. The maximum absolute atomic E-state index is 12.6. The van der Waals surface area contributed by atoms with Crippen LogP contribution in [0.5, 0.6) is 5.75 Å². The standard InChI is InChI=1S/C16H20O4/c1-9-8-10(17)6-7-11(9)12-13(18)15(2,3)20-16(4,5)14(12)19/h6-8,17-18H,1-5H3. The molecule has 0 amide bonds. The summed E-state index contributed by atoms with van der Waals surface area (Å²) in [4.78, 5) is 12.6. The topological polar surface area (TPSA) is 66.8 Å². The van der Waals surface area contributed by atoms with Crippen LogP contribution >= 0.6 is 0 Å². The van der Waals surface area contributed by atoms with Crippen molar-refractivity contribution < 1.29 is 19.7 Å². The van der Waals surface area contributed by atoms with Gasteiger partial charge in [0, 0.05) is 0 Å². The first kappa shape index (κ1) is 14.6. The van der Waals surface area contributed by atoms with E-state index in [0.29, 0.717) is 5.56 Å². The molecule has 1 aromatic carbocycles. The van der Waals surface area contributed by atoms with E-state index in [1.165, 1.54) is 6.07 Å².